The highest BCUT2D eigenvalue weighted by atomic mass is 16.5. The fraction of sp³-hybridized carbons (Fsp3) is 0.158. The second kappa shape index (κ2) is 8.41. The Labute approximate surface area is 145 Å². The number of nitrogens with zero attached hydrogens (tertiary/aromatic N) is 1. The molecule has 0 saturated heterocycles. The van der Waals surface area contributed by atoms with Crippen molar-refractivity contribution in [3.05, 3.63) is 59.2 Å². The van der Waals surface area contributed by atoms with E-state index in [0.29, 0.717) is 28.4 Å². The number of carboxylic acids is 1. The Morgan fingerprint density at radius 2 is 1.84 bits per heavy atom. The van der Waals surface area contributed by atoms with Gasteiger partial charge in [0, 0.05) is 17.7 Å². The Kier molecular flexibility index (Phi) is 6.02. The lowest BCUT2D eigenvalue weighted by Crippen LogP contribution is -2.01. The Morgan fingerprint density at radius 1 is 1.12 bits per heavy atom. The molecule has 0 radical (unpaired) electrons. The summed E-state index contributed by atoms with van der Waals surface area (Å²) in [5, 5.41) is 17.7. The van der Waals surface area contributed by atoms with Gasteiger partial charge < -0.3 is 19.3 Å². The van der Waals surface area contributed by atoms with Gasteiger partial charge in [-0.3, -0.25) is 0 Å². The van der Waals surface area contributed by atoms with Crippen molar-refractivity contribution < 1.29 is 24.1 Å². The van der Waals surface area contributed by atoms with E-state index in [-0.39, 0.29) is 6.61 Å². The number of carbonyl (C=O) groups is 1. The summed E-state index contributed by atoms with van der Waals surface area (Å²) in [6.07, 6.45) is 2.56. The summed E-state index contributed by atoms with van der Waals surface area (Å²) < 4.78 is 16.3. The molecule has 2 rings (SSSR count). The van der Waals surface area contributed by atoms with Crippen molar-refractivity contribution in [2.75, 3.05) is 14.2 Å². The lowest BCUT2D eigenvalue weighted by molar-refractivity contribution is -0.131. The topological polar surface area (TPSA) is 88.8 Å². The van der Waals surface area contributed by atoms with Crippen LogP contribution < -0.4 is 14.2 Å². The molecule has 128 valence electrons. The smallest absolute Gasteiger partial charge is 0.328 e. The van der Waals surface area contributed by atoms with E-state index in [4.69, 9.17) is 24.6 Å². The minimum absolute atomic E-state index is 0.195. The third kappa shape index (κ3) is 4.75. The monoisotopic (exact) mass is 339 g/mol. The molecule has 0 heterocycles. The molecule has 6 nitrogen and oxygen atoms in total. The first-order valence-electron chi connectivity index (χ1n) is 7.36. The summed E-state index contributed by atoms with van der Waals surface area (Å²) >= 11 is 0. The summed E-state index contributed by atoms with van der Waals surface area (Å²) in [6, 6.07) is 12.2. The summed E-state index contributed by atoms with van der Waals surface area (Å²) in [6.45, 7) is 0.195. The van der Waals surface area contributed by atoms with Gasteiger partial charge in [-0.05, 0) is 35.9 Å². The van der Waals surface area contributed by atoms with Gasteiger partial charge in [0.25, 0.3) is 0 Å². The molecule has 2 aromatic rings. The number of ether oxygens (including phenoxy) is 3. The second-order valence-electron chi connectivity index (χ2n) is 5.01. The van der Waals surface area contributed by atoms with Crippen molar-refractivity contribution in [3.63, 3.8) is 0 Å². The van der Waals surface area contributed by atoms with Crippen molar-refractivity contribution in [3.8, 4) is 23.3 Å². The van der Waals surface area contributed by atoms with Crippen LogP contribution in [0, 0.1) is 11.3 Å². The van der Waals surface area contributed by atoms with Crippen LogP contribution in [0.1, 0.15) is 16.7 Å². The number of benzene rings is 2. The van der Waals surface area contributed by atoms with Gasteiger partial charge >= 0.3 is 5.97 Å². The van der Waals surface area contributed by atoms with Crippen molar-refractivity contribution in [1.82, 2.24) is 0 Å². The van der Waals surface area contributed by atoms with Crippen LogP contribution in [0.4, 0.5) is 0 Å². The molecule has 0 fully saturated rings. The van der Waals surface area contributed by atoms with Crippen LogP contribution in [0.2, 0.25) is 0 Å². The van der Waals surface area contributed by atoms with Crippen LogP contribution in [-0.4, -0.2) is 25.3 Å². The van der Waals surface area contributed by atoms with Gasteiger partial charge in [0.05, 0.1) is 25.9 Å². The molecule has 0 aromatic heterocycles. The van der Waals surface area contributed by atoms with E-state index in [1.165, 1.54) is 13.2 Å². The number of nitriles is 1. The van der Waals surface area contributed by atoms with Crippen LogP contribution in [-0.2, 0) is 11.4 Å². The molecule has 0 aliphatic carbocycles. The lowest BCUT2D eigenvalue weighted by atomic mass is 10.1. The van der Waals surface area contributed by atoms with Crippen LogP contribution in [0.3, 0.4) is 0 Å². The molecular formula is C19H17NO5. The van der Waals surface area contributed by atoms with Crippen LogP contribution in [0.5, 0.6) is 17.2 Å². The molecule has 0 unspecified atom stereocenters. The fourth-order valence-electron chi connectivity index (χ4n) is 2.19. The van der Waals surface area contributed by atoms with Gasteiger partial charge in [-0.1, -0.05) is 6.07 Å². The Balaban J connectivity index is 2.23. The normalized spacial score (nSPS) is 10.3. The van der Waals surface area contributed by atoms with Gasteiger partial charge in [-0.25, -0.2) is 4.79 Å². The summed E-state index contributed by atoms with van der Waals surface area (Å²) in [5.41, 5.74) is 1.94. The maximum Gasteiger partial charge on any atom is 0.328 e. The number of methoxy groups -OCH3 is 2. The number of carboxylic acid groups (broad SMARTS) is 1. The summed E-state index contributed by atoms with van der Waals surface area (Å²) in [5.74, 6) is 0.561. The molecule has 25 heavy (non-hydrogen) atoms. The van der Waals surface area contributed by atoms with Crippen molar-refractivity contribution in [1.29, 1.82) is 5.26 Å². The number of hydrogen-bond donors (Lipinski definition) is 1. The lowest BCUT2D eigenvalue weighted by Gasteiger charge is -2.13. The molecule has 0 aliphatic rings. The third-order valence-electron chi connectivity index (χ3n) is 3.40. The van der Waals surface area contributed by atoms with E-state index in [9.17, 15) is 4.79 Å². The average Bonchev–Trinajstić information content (AvgIpc) is 2.64. The first-order chi connectivity index (χ1) is 12.1. The quantitative estimate of drug-likeness (QED) is 0.779. The SMILES string of the molecule is COc1ccc(/C=C/C(=O)O)cc1COc1ccc(C#N)cc1OC. The van der Waals surface area contributed by atoms with Crippen molar-refractivity contribution >= 4 is 12.0 Å². The standard InChI is InChI=1S/C19H17NO5/c1-23-16-6-3-13(5-8-19(21)22)9-15(16)12-25-17-7-4-14(11-20)10-18(17)24-2/h3-10H,12H2,1-2H3,(H,21,22)/b8-5+. The first-order valence-corrected chi connectivity index (χ1v) is 7.36. The van der Waals surface area contributed by atoms with E-state index < -0.39 is 5.97 Å². The predicted molar refractivity (Wildman–Crippen MR) is 91.7 cm³/mol. The molecule has 6 heteroatoms. The average molecular weight is 339 g/mol. The second-order valence-corrected chi connectivity index (χ2v) is 5.01. The number of aliphatic carboxylic acids is 1. The maximum atomic E-state index is 10.6. The minimum Gasteiger partial charge on any atom is -0.496 e. The molecule has 1 N–H and O–H groups in total. The van der Waals surface area contributed by atoms with E-state index in [0.717, 1.165) is 11.6 Å². The van der Waals surface area contributed by atoms with E-state index >= 15 is 0 Å². The zero-order valence-corrected chi connectivity index (χ0v) is 13.9. The van der Waals surface area contributed by atoms with Gasteiger partial charge in [-0.2, -0.15) is 5.26 Å². The van der Waals surface area contributed by atoms with Gasteiger partial charge in [0.15, 0.2) is 11.5 Å². The summed E-state index contributed by atoms with van der Waals surface area (Å²) in [7, 11) is 3.05. The zero-order chi connectivity index (χ0) is 18.2. The van der Waals surface area contributed by atoms with Gasteiger partial charge in [-0.15, -0.1) is 0 Å². The summed E-state index contributed by atoms with van der Waals surface area (Å²) in [4.78, 5) is 10.6. The van der Waals surface area contributed by atoms with Crippen molar-refractivity contribution in [2.24, 2.45) is 0 Å². The molecule has 0 spiro atoms. The first kappa shape index (κ1) is 17.9. The Bertz CT molecular complexity index is 836. The van der Waals surface area contributed by atoms with E-state index in [1.807, 2.05) is 6.07 Å². The molecule has 0 bridgehead atoms. The van der Waals surface area contributed by atoms with Crippen LogP contribution >= 0.6 is 0 Å². The van der Waals surface area contributed by atoms with E-state index in [1.54, 1.807) is 43.5 Å². The fourth-order valence-corrected chi connectivity index (χ4v) is 2.19. The van der Waals surface area contributed by atoms with E-state index in [2.05, 4.69) is 0 Å². The van der Waals surface area contributed by atoms with Crippen LogP contribution in [0.25, 0.3) is 6.08 Å². The highest BCUT2D eigenvalue weighted by Gasteiger charge is 2.09. The van der Waals surface area contributed by atoms with Gasteiger partial charge in [0.1, 0.15) is 12.4 Å². The Morgan fingerprint density at radius 3 is 2.48 bits per heavy atom. The highest BCUT2D eigenvalue weighted by Crippen LogP contribution is 2.30. The zero-order valence-electron chi connectivity index (χ0n) is 13.9. The van der Waals surface area contributed by atoms with Crippen molar-refractivity contribution in [2.45, 2.75) is 6.61 Å². The molecule has 0 amide bonds. The highest BCUT2D eigenvalue weighted by molar-refractivity contribution is 5.85. The molecular weight excluding hydrogens is 322 g/mol. The predicted octanol–water partition coefficient (Wildman–Crippen LogP) is 3.25. The largest absolute Gasteiger partial charge is 0.496 e. The molecule has 0 atom stereocenters. The Hall–Kier alpha value is -3.46. The molecule has 0 saturated carbocycles. The minimum atomic E-state index is -1.02. The number of rotatable bonds is 7. The third-order valence-corrected chi connectivity index (χ3v) is 3.40. The maximum absolute atomic E-state index is 10.6. The van der Waals surface area contributed by atoms with Gasteiger partial charge in [0.2, 0.25) is 0 Å². The molecule has 0 aliphatic heterocycles. The van der Waals surface area contributed by atoms with Crippen LogP contribution in [0.15, 0.2) is 42.5 Å². The number of hydrogen-bond acceptors (Lipinski definition) is 5. The molecule has 2 aromatic carbocycles.